The summed E-state index contributed by atoms with van der Waals surface area (Å²) in [6.07, 6.45) is 3.31. The van der Waals surface area contributed by atoms with E-state index in [9.17, 15) is 9.59 Å². The molecule has 0 saturated carbocycles. The van der Waals surface area contributed by atoms with Gasteiger partial charge < -0.3 is 23.6 Å². The zero-order chi connectivity index (χ0) is 32.1. The summed E-state index contributed by atoms with van der Waals surface area (Å²) in [4.78, 5) is 30.5. The van der Waals surface area contributed by atoms with Crippen molar-refractivity contribution >= 4 is 29.4 Å². The number of methoxy groups -OCH3 is 2. The normalized spacial score (nSPS) is 13.9. The molecule has 2 amide bonds. The van der Waals surface area contributed by atoms with Gasteiger partial charge >= 0.3 is 0 Å². The van der Waals surface area contributed by atoms with Crippen LogP contribution in [0.15, 0.2) is 89.8 Å². The molecule has 0 spiro atoms. The van der Waals surface area contributed by atoms with Crippen LogP contribution in [0.4, 0.5) is 5.69 Å². The molecule has 0 aromatic heterocycles. The largest absolute Gasteiger partial charge is 0.497 e. The molecule has 7 nitrogen and oxygen atoms in total. The van der Waals surface area contributed by atoms with Crippen LogP contribution in [0.1, 0.15) is 45.9 Å². The molecule has 0 aliphatic heterocycles. The van der Waals surface area contributed by atoms with E-state index in [0.29, 0.717) is 12.0 Å². The van der Waals surface area contributed by atoms with E-state index < -0.39 is 0 Å². The topological polar surface area (TPSA) is 62.3 Å². The van der Waals surface area contributed by atoms with Gasteiger partial charge in [0.05, 0.1) is 31.6 Å². The Morgan fingerprint density at radius 1 is 0.844 bits per heavy atom. The smallest absolute Gasteiger partial charge is 0.253 e. The lowest BCUT2D eigenvalue weighted by Crippen LogP contribution is -2.34. The van der Waals surface area contributed by atoms with Crippen molar-refractivity contribution in [3.8, 4) is 22.6 Å². The maximum atomic E-state index is 13.4. The Morgan fingerprint density at radius 3 is 2.38 bits per heavy atom. The van der Waals surface area contributed by atoms with E-state index in [0.717, 1.165) is 58.0 Å². The molecule has 5 rings (SSSR count). The first kappa shape index (κ1) is 32.0. The summed E-state index contributed by atoms with van der Waals surface area (Å²) in [7, 11) is 10.8. The van der Waals surface area contributed by atoms with Gasteiger partial charge in [-0.15, -0.1) is 0 Å². The Labute approximate surface area is 270 Å². The van der Waals surface area contributed by atoms with Crippen molar-refractivity contribution in [2.24, 2.45) is 0 Å². The second-order valence-electron chi connectivity index (χ2n) is 11.6. The molecule has 4 aromatic carbocycles. The fourth-order valence-electron chi connectivity index (χ4n) is 5.83. The first-order valence-corrected chi connectivity index (χ1v) is 15.9. The average molecular weight is 624 g/mol. The summed E-state index contributed by atoms with van der Waals surface area (Å²) in [5, 5.41) is 0. The molecule has 0 bridgehead atoms. The first-order chi connectivity index (χ1) is 21.7. The van der Waals surface area contributed by atoms with Crippen LogP contribution >= 0.6 is 11.9 Å². The molecule has 0 radical (unpaired) electrons. The van der Waals surface area contributed by atoms with Crippen molar-refractivity contribution in [1.29, 1.82) is 0 Å². The van der Waals surface area contributed by atoms with Crippen LogP contribution in [0.25, 0.3) is 11.1 Å². The van der Waals surface area contributed by atoms with Crippen LogP contribution in [0.2, 0.25) is 0 Å². The third-order valence-corrected chi connectivity index (χ3v) is 9.37. The van der Waals surface area contributed by atoms with Crippen molar-refractivity contribution < 1.29 is 19.1 Å². The molecule has 234 valence electrons. The standard InChI is InChI=1S/C37H41N3O4S/c1-38(2)37(42)29-13-8-12-27(22-29)28-17-19-34(44-6)35(23-28)45-40(4)30-18-16-26-11-9-15-33(32(26)24-30)39(3)36(41)21-25-10-7-14-31(20-25)43-5/h7-8,10,12-14,16-20,22-24,33H,9,11,15,21H2,1-6H3. The predicted molar refractivity (Wildman–Crippen MR) is 182 cm³/mol. The number of nitrogens with zero attached hydrogens (tertiary/aromatic N) is 3. The van der Waals surface area contributed by atoms with Crippen LogP contribution in [0.5, 0.6) is 11.5 Å². The maximum Gasteiger partial charge on any atom is 0.253 e. The number of carbonyl (C=O) groups excluding carboxylic acids is 2. The van der Waals surface area contributed by atoms with Crippen molar-refractivity contribution in [3.63, 3.8) is 0 Å². The number of amides is 2. The minimum atomic E-state index is -0.0296. The Kier molecular flexibility index (Phi) is 10.0. The minimum absolute atomic E-state index is 0.0141. The van der Waals surface area contributed by atoms with Gasteiger partial charge in [-0.3, -0.25) is 9.59 Å². The van der Waals surface area contributed by atoms with E-state index in [2.05, 4.69) is 28.6 Å². The number of likely N-dealkylation sites (N-methyl/N-ethyl adjacent to an activating group) is 1. The molecule has 0 fully saturated rings. The molecule has 1 unspecified atom stereocenters. The Bertz CT molecular complexity index is 1690. The van der Waals surface area contributed by atoms with Gasteiger partial charge in [0.1, 0.15) is 11.5 Å². The van der Waals surface area contributed by atoms with Gasteiger partial charge in [-0.25, -0.2) is 0 Å². The monoisotopic (exact) mass is 623 g/mol. The summed E-state index contributed by atoms with van der Waals surface area (Å²) in [5.41, 5.74) is 7.10. The number of rotatable bonds is 10. The highest BCUT2D eigenvalue weighted by molar-refractivity contribution is 8.00. The zero-order valence-corrected chi connectivity index (χ0v) is 27.7. The fourth-order valence-corrected chi connectivity index (χ4v) is 6.77. The second kappa shape index (κ2) is 14.1. The third kappa shape index (κ3) is 7.28. The molecule has 0 N–H and O–H groups in total. The molecular weight excluding hydrogens is 582 g/mol. The third-order valence-electron chi connectivity index (χ3n) is 8.37. The van der Waals surface area contributed by atoms with Crippen molar-refractivity contribution in [1.82, 2.24) is 9.80 Å². The fraction of sp³-hybridized carbons (Fsp3) is 0.297. The van der Waals surface area contributed by atoms with Crippen LogP contribution in [0, 0.1) is 0 Å². The maximum absolute atomic E-state index is 13.4. The van der Waals surface area contributed by atoms with Gasteiger partial charge in [0.2, 0.25) is 5.91 Å². The number of hydrogen-bond donors (Lipinski definition) is 0. The van der Waals surface area contributed by atoms with E-state index in [-0.39, 0.29) is 17.9 Å². The number of hydrogen-bond acceptors (Lipinski definition) is 6. The van der Waals surface area contributed by atoms with Gasteiger partial charge in [0.15, 0.2) is 0 Å². The van der Waals surface area contributed by atoms with Gasteiger partial charge in [-0.2, -0.15) is 0 Å². The van der Waals surface area contributed by atoms with Gasteiger partial charge in [0, 0.05) is 39.4 Å². The summed E-state index contributed by atoms with van der Waals surface area (Å²) in [5.74, 6) is 1.59. The molecule has 1 atom stereocenters. The van der Waals surface area contributed by atoms with Crippen molar-refractivity contribution in [3.05, 3.63) is 107 Å². The van der Waals surface area contributed by atoms with Crippen molar-refractivity contribution in [2.75, 3.05) is 46.7 Å². The Hall–Kier alpha value is -4.43. The Morgan fingerprint density at radius 2 is 1.62 bits per heavy atom. The summed E-state index contributed by atoms with van der Waals surface area (Å²) in [6.45, 7) is 0. The van der Waals surface area contributed by atoms with Crippen LogP contribution in [-0.2, 0) is 17.6 Å². The Balaban J connectivity index is 1.37. The quantitative estimate of drug-likeness (QED) is 0.173. The summed E-state index contributed by atoms with van der Waals surface area (Å²) in [6, 6.07) is 28.1. The van der Waals surface area contributed by atoms with Gasteiger partial charge in [0.25, 0.3) is 5.91 Å². The van der Waals surface area contributed by atoms with E-state index in [1.165, 1.54) is 11.1 Å². The van der Waals surface area contributed by atoms with Crippen LogP contribution < -0.4 is 13.8 Å². The minimum Gasteiger partial charge on any atom is -0.497 e. The molecule has 8 heteroatoms. The number of ether oxygens (including phenoxy) is 2. The van der Waals surface area contributed by atoms with Gasteiger partial charge in [-0.1, -0.05) is 36.4 Å². The van der Waals surface area contributed by atoms with Crippen molar-refractivity contribution in [2.45, 2.75) is 36.6 Å². The molecule has 0 saturated heterocycles. The number of anilines is 1. The molecular formula is C37H41N3O4S. The zero-order valence-electron chi connectivity index (χ0n) is 26.9. The number of fused-ring (bicyclic) bond motifs is 1. The first-order valence-electron chi connectivity index (χ1n) is 15.1. The highest BCUT2D eigenvalue weighted by Gasteiger charge is 2.28. The molecule has 1 aliphatic carbocycles. The lowest BCUT2D eigenvalue weighted by Gasteiger charge is -2.34. The predicted octanol–water partition coefficient (Wildman–Crippen LogP) is 7.29. The molecule has 4 aromatic rings. The molecule has 1 aliphatic rings. The second-order valence-corrected chi connectivity index (χ2v) is 12.7. The van der Waals surface area contributed by atoms with E-state index in [4.69, 9.17) is 9.47 Å². The number of benzene rings is 4. The highest BCUT2D eigenvalue weighted by atomic mass is 32.2. The molecule has 45 heavy (non-hydrogen) atoms. The van der Waals surface area contributed by atoms with E-state index in [1.807, 2.05) is 79.7 Å². The lowest BCUT2D eigenvalue weighted by atomic mass is 9.86. The van der Waals surface area contributed by atoms with Gasteiger partial charge in [-0.05, 0) is 108 Å². The SMILES string of the molecule is COc1cccc(CC(=O)N(C)C2CCCc3ccc(N(C)Sc4cc(-c5cccc(C(=O)N(C)C)c5)ccc4OC)cc32)c1. The van der Waals surface area contributed by atoms with Crippen LogP contribution in [0.3, 0.4) is 0 Å². The number of aryl methyl sites for hydroxylation is 1. The average Bonchev–Trinajstić information content (AvgIpc) is 3.07. The van der Waals surface area contributed by atoms with E-state index in [1.54, 1.807) is 45.2 Å². The van der Waals surface area contributed by atoms with E-state index >= 15 is 0 Å². The lowest BCUT2D eigenvalue weighted by molar-refractivity contribution is -0.131. The number of carbonyl (C=O) groups is 2. The van der Waals surface area contributed by atoms with Crippen LogP contribution in [-0.4, -0.2) is 64.0 Å². The highest BCUT2D eigenvalue weighted by Crippen LogP contribution is 2.40. The molecule has 0 heterocycles. The summed E-state index contributed by atoms with van der Waals surface area (Å²) < 4.78 is 13.2. The summed E-state index contributed by atoms with van der Waals surface area (Å²) >= 11 is 1.58.